The Labute approximate surface area is 209 Å². The van der Waals surface area contributed by atoms with Gasteiger partial charge in [0.15, 0.2) is 0 Å². The number of carbonyl (C=O) groups excluding carboxylic acids is 2. The van der Waals surface area contributed by atoms with Gasteiger partial charge in [0.25, 0.3) is 5.91 Å². The average molecular weight is 485 g/mol. The van der Waals surface area contributed by atoms with E-state index in [0.717, 1.165) is 28.4 Å². The lowest BCUT2D eigenvalue weighted by molar-refractivity contribution is 0.0952. The molecular formula is C28H40N2O3S. The van der Waals surface area contributed by atoms with E-state index in [-0.39, 0.29) is 5.91 Å². The summed E-state index contributed by atoms with van der Waals surface area (Å²) in [5.74, 6) is 1.17. The second kappa shape index (κ2) is 16.2. The van der Waals surface area contributed by atoms with Gasteiger partial charge in [-0.05, 0) is 66.6 Å². The number of rotatable bonds is 17. The molecule has 0 bridgehead atoms. The molecular weight excluding hydrogens is 444 g/mol. The maximum atomic E-state index is 12.5. The van der Waals surface area contributed by atoms with Gasteiger partial charge in [0.1, 0.15) is 5.75 Å². The van der Waals surface area contributed by atoms with Crippen LogP contribution in [0.1, 0.15) is 91.5 Å². The summed E-state index contributed by atoms with van der Waals surface area (Å²) in [4.78, 5) is 25.1. The Morgan fingerprint density at radius 3 is 2.18 bits per heavy atom. The molecule has 0 unspecified atom stereocenters. The summed E-state index contributed by atoms with van der Waals surface area (Å²) in [6.07, 6.45) is 10.8. The molecule has 2 aromatic carbocycles. The van der Waals surface area contributed by atoms with Gasteiger partial charge in [0.05, 0.1) is 6.61 Å². The molecule has 0 radical (unpaired) electrons. The molecule has 2 rings (SSSR count). The second-order valence-electron chi connectivity index (χ2n) is 8.47. The van der Waals surface area contributed by atoms with Crippen LogP contribution >= 0.6 is 11.8 Å². The fourth-order valence-corrected chi connectivity index (χ4v) is 4.59. The second-order valence-corrected chi connectivity index (χ2v) is 9.78. The van der Waals surface area contributed by atoms with E-state index in [0.29, 0.717) is 30.7 Å². The van der Waals surface area contributed by atoms with Crippen LogP contribution in [-0.4, -0.2) is 30.7 Å². The first-order chi connectivity index (χ1) is 16.5. The van der Waals surface area contributed by atoms with Gasteiger partial charge in [-0.3, -0.25) is 9.59 Å². The van der Waals surface area contributed by atoms with E-state index < -0.39 is 5.91 Å². The number of primary amides is 1. The zero-order chi connectivity index (χ0) is 24.6. The summed E-state index contributed by atoms with van der Waals surface area (Å²) in [5, 5.41) is 2.96. The first-order valence-electron chi connectivity index (χ1n) is 12.6. The van der Waals surface area contributed by atoms with Gasteiger partial charge in [0.2, 0.25) is 5.91 Å². The van der Waals surface area contributed by atoms with E-state index in [9.17, 15) is 9.59 Å². The molecule has 2 aromatic rings. The van der Waals surface area contributed by atoms with Crippen LogP contribution in [0.25, 0.3) is 0 Å². The van der Waals surface area contributed by atoms with Crippen LogP contribution in [0.4, 0.5) is 0 Å². The number of thioether (sulfide) groups is 1. The minimum absolute atomic E-state index is 0.120. The van der Waals surface area contributed by atoms with E-state index in [1.165, 1.54) is 44.9 Å². The molecule has 0 fully saturated rings. The summed E-state index contributed by atoms with van der Waals surface area (Å²) < 4.78 is 5.82. The average Bonchev–Trinajstić information content (AvgIpc) is 2.84. The van der Waals surface area contributed by atoms with Gasteiger partial charge >= 0.3 is 0 Å². The maximum absolute atomic E-state index is 12.5. The van der Waals surface area contributed by atoms with Gasteiger partial charge < -0.3 is 15.8 Å². The van der Waals surface area contributed by atoms with Crippen molar-refractivity contribution in [3.63, 3.8) is 0 Å². The number of nitrogens with two attached hydrogens (primary N) is 1. The third-order valence-corrected chi connectivity index (χ3v) is 6.71. The SMILES string of the molecule is CCCCCCCCCCOc1ccc(C(=O)NCCc2cc(C(N)=O)ccc2SCC)cc1. The van der Waals surface area contributed by atoms with E-state index >= 15 is 0 Å². The predicted octanol–water partition coefficient (Wildman–Crippen LogP) is 6.39. The van der Waals surface area contributed by atoms with Gasteiger partial charge in [-0.2, -0.15) is 0 Å². The normalized spacial score (nSPS) is 10.8. The summed E-state index contributed by atoms with van der Waals surface area (Å²) in [5.41, 5.74) is 7.53. The third kappa shape index (κ3) is 10.2. The van der Waals surface area contributed by atoms with E-state index in [1.807, 2.05) is 24.3 Å². The van der Waals surface area contributed by atoms with Crippen molar-refractivity contribution in [2.24, 2.45) is 5.73 Å². The number of nitrogens with one attached hydrogen (secondary N) is 1. The van der Waals surface area contributed by atoms with Crippen molar-refractivity contribution < 1.29 is 14.3 Å². The highest BCUT2D eigenvalue weighted by molar-refractivity contribution is 7.99. The van der Waals surface area contributed by atoms with E-state index in [2.05, 4.69) is 19.2 Å². The molecule has 6 heteroatoms. The highest BCUT2D eigenvalue weighted by Crippen LogP contribution is 2.24. The lowest BCUT2D eigenvalue weighted by Crippen LogP contribution is -2.25. The molecule has 34 heavy (non-hydrogen) atoms. The zero-order valence-electron chi connectivity index (χ0n) is 20.7. The number of hydrogen-bond donors (Lipinski definition) is 2. The monoisotopic (exact) mass is 484 g/mol. The number of benzene rings is 2. The Morgan fingerprint density at radius 2 is 1.53 bits per heavy atom. The van der Waals surface area contributed by atoms with Crippen LogP contribution < -0.4 is 15.8 Å². The summed E-state index contributed by atoms with van der Waals surface area (Å²) >= 11 is 1.71. The molecule has 0 aliphatic carbocycles. The Hall–Kier alpha value is -2.47. The molecule has 0 heterocycles. The topological polar surface area (TPSA) is 81.4 Å². The van der Waals surface area contributed by atoms with Gasteiger partial charge in [0, 0.05) is 22.6 Å². The van der Waals surface area contributed by atoms with Crippen LogP contribution in [0, 0.1) is 0 Å². The van der Waals surface area contributed by atoms with Crippen molar-refractivity contribution in [2.45, 2.75) is 76.5 Å². The fourth-order valence-electron chi connectivity index (χ4n) is 3.77. The molecule has 5 nitrogen and oxygen atoms in total. The quantitative estimate of drug-likeness (QED) is 0.201. The number of ether oxygens (including phenoxy) is 1. The Bertz CT molecular complexity index is 884. The standard InChI is InChI=1S/C28H40N2O3S/c1-3-5-6-7-8-9-10-11-20-33-25-15-12-22(13-16-25)28(32)30-19-18-23-21-24(27(29)31)14-17-26(23)34-4-2/h12-17,21H,3-11,18-20H2,1-2H3,(H2,29,31)(H,30,32). The third-order valence-electron chi connectivity index (χ3n) is 5.71. The lowest BCUT2D eigenvalue weighted by atomic mass is 10.1. The molecule has 186 valence electrons. The van der Waals surface area contributed by atoms with Crippen molar-refractivity contribution in [2.75, 3.05) is 18.9 Å². The van der Waals surface area contributed by atoms with Crippen LogP contribution in [0.15, 0.2) is 47.4 Å². The molecule has 0 saturated heterocycles. The maximum Gasteiger partial charge on any atom is 0.251 e. The first-order valence-corrected chi connectivity index (χ1v) is 13.6. The van der Waals surface area contributed by atoms with Crippen LogP contribution in [0.2, 0.25) is 0 Å². The summed E-state index contributed by atoms with van der Waals surface area (Å²) in [7, 11) is 0. The predicted molar refractivity (Wildman–Crippen MR) is 142 cm³/mol. The van der Waals surface area contributed by atoms with Crippen LogP contribution in [0.5, 0.6) is 5.75 Å². The van der Waals surface area contributed by atoms with Crippen molar-refractivity contribution in [3.8, 4) is 5.75 Å². The van der Waals surface area contributed by atoms with Crippen LogP contribution in [-0.2, 0) is 6.42 Å². The van der Waals surface area contributed by atoms with Gasteiger partial charge in [-0.25, -0.2) is 0 Å². The Morgan fingerprint density at radius 1 is 0.882 bits per heavy atom. The largest absolute Gasteiger partial charge is 0.494 e. The highest BCUT2D eigenvalue weighted by atomic mass is 32.2. The van der Waals surface area contributed by atoms with Crippen LogP contribution in [0.3, 0.4) is 0 Å². The van der Waals surface area contributed by atoms with Crippen molar-refractivity contribution in [3.05, 3.63) is 59.2 Å². The molecule has 0 aromatic heterocycles. The summed E-state index contributed by atoms with van der Waals surface area (Å²) in [6.45, 7) is 5.52. The number of unbranched alkanes of at least 4 members (excludes halogenated alkanes) is 7. The van der Waals surface area contributed by atoms with Crippen molar-refractivity contribution in [1.82, 2.24) is 5.32 Å². The molecule has 3 N–H and O–H groups in total. The highest BCUT2D eigenvalue weighted by Gasteiger charge is 2.10. The smallest absolute Gasteiger partial charge is 0.251 e. The van der Waals surface area contributed by atoms with Crippen molar-refractivity contribution >= 4 is 23.6 Å². The minimum Gasteiger partial charge on any atom is -0.494 e. The minimum atomic E-state index is -0.442. The Kier molecular flexibility index (Phi) is 13.2. The molecule has 0 spiro atoms. The lowest BCUT2D eigenvalue weighted by Gasteiger charge is -2.11. The first kappa shape index (κ1) is 27.8. The van der Waals surface area contributed by atoms with Gasteiger partial charge in [-0.15, -0.1) is 11.8 Å². The molecule has 0 atom stereocenters. The van der Waals surface area contributed by atoms with E-state index in [4.69, 9.17) is 10.5 Å². The van der Waals surface area contributed by atoms with Crippen molar-refractivity contribution in [1.29, 1.82) is 0 Å². The number of hydrogen-bond acceptors (Lipinski definition) is 4. The summed E-state index contributed by atoms with van der Waals surface area (Å²) in [6, 6.07) is 12.8. The fraction of sp³-hybridized carbons (Fsp3) is 0.500. The number of carbonyl (C=O) groups is 2. The molecule has 2 amide bonds. The number of amides is 2. The molecule has 0 aliphatic heterocycles. The molecule has 0 aliphatic rings. The van der Waals surface area contributed by atoms with E-state index in [1.54, 1.807) is 30.0 Å². The zero-order valence-corrected chi connectivity index (χ0v) is 21.6. The Balaban J connectivity index is 1.72. The molecule has 0 saturated carbocycles. The van der Waals surface area contributed by atoms with Gasteiger partial charge in [-0.1, -0.05) is 58.8 Å².